The number of ether oxygens (including phenoxy) is 6. The first-order valence-corrected chi connectivity index (χ1v) is 21.9. The second-order valence-electron chi connectivity index (χ2n) is 17.4. The number of hydrogen-bond donors (Lipinski definition) is 0. The van der Waals surface area contributed by atoms with Crippen LogP contribution in [0.15, 0.2) is 109 Å². The number of benzene rings is 4. The highest BCUT2D eigenvalue weighted by Crippen LogP contribution is 2.32. The van der Waals surface area contributed by atoms with E-state index in [1.807, 2.05) is 43.3 Å². The molecule has 6 atom stereocenters. The zero-order valence-electron chi connectivity index (χ0n) is 35.7. The average Bonchev–Trinajstić information content (AvgIpc) is 4.19. The van der Waals surface area contributed by atoms with Gasteiger partial charge in [-0.2, -0.15) is 4.98 Å². The van der Waals surface area contributed by atoms with E-state index in [1.54, 1.807) is 0 Å². The van der Waals surface area contributed by atoms with Gasteiger partial charge in [-0.1, -0.05) is 89.1 Å². The fourth-order valence-corrected chi connectivity index (χ4v) is 7.35. The Morgan fingerprint density at radius 2 is 0.797 bits per heavy atom. The van der Waals surface area contributed by atoms with Gasteiger partial charge in [-0.25, -0.2) is 0 Å². The van der Waals surface area contributed by atoms with Crippen LogP contribution in [0.3, 0.4) is 0 Å². The van der Waals surface area contributed by atoms with Gasteiger partial charge in [0.05, 0.1) is 38.6 Å². The highest BCUT2D eigenvalue weighted by Gasteiger charge is 2.23. The topological polar surface area (TPSA) is 74.9 Å². The Balaban J connectivity index is 0.842. The summed E-state index contributed by atoms with van der Waals surface area (Å²) >= 11 is 0. The molecule has 7 heteroatoms. The maximum Gasteiger partial charge on any atom is 0.222 e. The van der Waals surface area contributed by atoms with Crippen LogP contribution < -0.4 is 18.9 Å². The van der Waals surface area contributed by atoms with Crippen molar-refractivity contribution < 1.29 is 28.4 Å². The minimum absolute atomic E-state index is 0.480. The maximum atomic E-state index is 6.19. The lowest BCUT2D eigenvalue weighted by molar-refractivity contribution is 0.241. The third-order valence-electron chi connectivity index (χ3n) is 11.6. The highest BCUT2D eigenvalue weighted by molar-refractivity contribution is 5.66. The molecule has 4 aromatic carbocycles. The van der Waals surface area contributed by atoms with Crippen molar-refractivity contribution in [3.05, 3.63) is 115 Å². The van der Waals surface area contributed by atoms with Gasteiger partial charge in [0.1, 0.15) is 23.0 Å². The summed E-state index contributed by atoms with van der Waals surface area (Å²) in [4.78, 5) is 4.66. The number of epoxide rings is 2. The molecule has 6 unspecified atom stereocenters. The fraction of sp³-hybridized carbons (Fsp3) is 0.442. The van der Waals surface area contributed by atoms with Gasteiger partial charge in [0.15, 0.2) is 0 Å². The number of nitrogens with zero attached hydrogens (tertiary/aromatic N) is 1. The van der Waals surface area contributed by atoms with Gasteiger partial charge >= 0.3 is 0 Å². The summed E-state index contributed by atoms with van der Waals surface area (Å²) in [5, 5.41) is 0. The SMILES string of the molecule is Cc1cc(Oc2ccc(-c3ccc(OCC(C)CCC(C)CCC4CO4)cc3)cc2)nc(Oc2ccc(-c3ccc(OCC(C)CCC(C)CCC4CO4)cc3)cc2)c1. The molecule has 5 aromatic rings. The fourth-order valence-electron chi connectivity index (χ4n) is 7.35. The van der Waals surface area contributed by atoms with Crippen LogP contribution in [0, 0.1) is 30.6 Å². The van der Waals surface area contributed by atoms with Crippen molar-refractivity contribution in [1.29, 1.82) is 0 Å². The smallest absolute Gasteiger partial charge is 0.222 e. The monoisotopic (exact) mass is 797 g/mol. The molecule has 2 aliphatic rings. The van der Waals surface area contributed by atoms with Crippen LogP contribution in [-0.2, 0) is 9.47 Å². The molecule has 0 N–H and O–H groups in total. The van der Waals surface area contributed by atoms with Gasteiger partial charge in [-0.15, -0.1) is 0 Å². The first kappa shape index (κ1) is 42.3. The number of aromatic nitrogens is 1. The number of hydrogen-bond acceptors (Lipinski definition) is 7. The predicted molar refractivity (Wildman–Crippen MR) is 237 cm³/mol. The largest absolute Gasteiger partial charge is 0.493 e. The second-order valence-corrected chi connectivity index (χ2v) is 17.4. The maximum absolute atomic E-state index is 6.19. The summed E-state index contributed by atoms with van der Waals surface area (Å²) < 4.78 is 35.4. The van der Waals surface area contributed by atoms with E-state index in [0.717, 1.165) is 77.6 Å². The van der Waals surface area contributed by atoms with Gasteiger partial charge in [0.2, 0.25) is 11.8 Å². The van der Waals surface area contributed by atoms with Crippen molar-refractivity contribution in [2.24, 2.45) is 23.7 Å². The number of aryl methyl sites for hydroxylation is 1. The summed E-state index contributed by atoms with van der Waals surface area (Å²) in [7, 11) is 0. The molecule has 7 rings (SSSR count). The third kappa shape index (κ3) is 14.1. The Kier molecular flexibility index (Phi) is 15.0. The zero-order valence-corrected chi connectivity index (χ0v) is 35.7. The summed E-state index contributed by atoms with van der Waals surface area (Å²) in [5.74, 6) is 6.71. The first-order valence-electron chi connectivity index (χ1n) is 21.9. The molecule has 1 aromatic heterocycles. The molecular formula is C52H63NO6. The number of rotatable bonds is 24. The normalized spacial score (nSPS) is 17.7. The van der Waals surface area contributed by atoms with E-state index < -0.39 is 0 Å². The van der Waals surface area contributed by atoms with Gasteiger partial charge in [0.25, 0.3) is 0 Å². The molecule has 0 spiro atoms. The summed E-state index contributed by atoms with van der Waals surface area (Å²) in [6.45, 7) is 14.7. The van der Waals surface area contributed by atoms with E-state index in [1.165, 1.54) is 51.4 Å². The van der Waals surface area contributed by atoms with Gasteiger partial charge < -0.3 is 28.4 Å². The van der Waals surface area contributed by atoms with Crippen molar-refractivity contribution in [1.82, 2.24) is 4.98 Å². The lowest BCUT2D eigenvalue weighted by Gasteiger charge is -2.16. The molecule has 7 nitrogen and oxygen atoms in total. The van der Waals surface area contributed by atoms with Crippen LogP contribution in [0.25, 0.3) is 22.3 Å². The van der Waals surface area contributed by atoms with Crippen LogP contribution in [0.1, 0.15) is 84.6 Å². The third-order valence-corrected chi connectivity index (χ3v) is 11.6. The molecule has 2 aliphatic heterocycles. The van der Waals surface area contributed by atoms with E-state index in [-0.39, 0.29) is 0 Å². The van der Waals surface area contributed by atoms with E-state index in [9.17, 15) is 0 Å². The number of pyridine rings is 1. The minimum atomic E-state index is 0.480. The summed E-state index contributed by atoms with van der Waals surface area (Å²) in [6.07, 6.45) is 10.8. The van der Waals surface area contributed by atoms with Crippen LogP contribution in [-0.4, -0.2) is 43.6 Å². The zero-order chi connectivity index (χ0) is 41.0. The van der Waals surface area contributed by atoms with E-state index in [0.29, 0.717) is 47.3 Å². The Labute approximate surface area is 352 Å². The molecular weight excluding hydrogens is 735 g/mol. The van der Waals surface area contributed by atoms with Gasteiger partial charge in [0, 0.05) is 12.1 Å². The van der Waals surface area contributed by atoms with E-state index in [4.69, 9.17) is 28.4 Å². The second kappa shape index (κ2) is 20.9. The lowest BCUT2D eigenvalue weighted by Crippen LogP contribution is -2.10. The predicted octanol–water partition coefficient (Wildman–Crippen LogP) is 13.5. The van der Waals surface area contributed by atoms with Crippen LogP contribution in [0.4, 0.5) is 0 Å². The molecule has 0 bridgehead atoms. The Morgan fingerprint density at radius 3 is 1.14 bits per heavy atom. The van der Waals surface area contributed by atoms with E-state index >= 15 is 0 Å². The molecule has 0 amide bonds. The summed E-state index contributed by atoms with van der Waals surface area (Å²) in [5.41, 5.74) is 5.45. The van der Waals surface area contributed by atoms with Crippen molar-refractivity contribution in [2.75, 3.05) is 26.4 Å². The van der Waals surface area contributed by atoms with Gasteiger partial charge in [-0.05, 0) is 145 Å². The van der Waals surface area contributed by atoms with Crippen LogP contribution in [0.2, 0.25) is 0 Å². The highest BCUT2D eigenvalue weighted by atomic mass is 16.6. The quantitative estimate of drug-likeness (QED) is 0.0576. The summed E-state index contributed by atoms with van der Waals surface area (Å²) in [6, 6.07) is 36.6. The molecule has 0 radical (unpaired) electrons. The van der Waals surface area contributed by atoms with Gasteiger partial charge in [-0.3, -0.25) is 0 Å². The Bertz CT molecular complexity index is 1860. The Morgan fingerprint density at radius 1 is 0.475 bits per heavy atom. The molecule has 2 saturated heterocycles. The molecule has 0 aliphatic carbocycles. The van der Waals surface area contributed by atoms with E-state index in [2.05, 4.69) is 105 Å². The Hall–Kier alpha value is -4.85. The lowest BCUT2D eigenvalue weighted by atomic mass is 9.94. The van der Waals surface area contributed by atoms with Crippen molar-refractivity contribution in [3.63, 3.8) is 0 Å². The molecule has 3 heterocycles. The van der Waals surface area contributed by atoms with Crippen LogP contribution >= 0.6 is 0 Å². The minimum Gasteiger partial charge on any atom is -0.493 e. The molecule has 2 fully saturated rings. The average molecular weight is 798 g/mol. The molecule has 59 heavy (non-hydrogen) atoms. The molecule has 0 saturated carbocycles. The molecule has 312 valence electrons. The van der Waals surface area contributed by atoms with Crippen LogP contribution in [0.5, 0.6) is 34.8 Å². The van der Waals surface area contributed by atoms with Crippen molar-refractivity contribution >= 4 is 0 Å². The van der Waals surface area contributed by atoms with Crippen molar-refractivity contribution in [2.45, 2.75) is 98.2 Å². The first-order chi connectivity index (χ1) is 28.7. The standard InChI is InChI=1S/C52H63NO6/c1-36(10-20-49-34-56-49)6-8-38(3)32-54-45-22-12-41(13-23-45)43-16-26-47(27-17-43)58-51-30-40(5)31-52(53-51)59-48-28-18-44(19-29-48)42-14-24-46(25-15-42)55-33-39(4)9-7-37(2)11-21-50-35-57-50/h12-19,22-31,36-39,49-50H,6-11,20-21,32-35H2,1-5H3. The van der Waals surface area contributed by atoms with Crippen molar-refractivity contribution in [3.8, 4) is 57.0 Å².